The van der Waals surface area contributed by atoms with E-state index < -0.39 is 0 Å². The molecule has 0 spiro atoms. The van der Waals surface area contributed by atoms with Gasteiger partial charge in [-0.25, -0.2) is 0 Å². The van der Waals surface area contributed by atoms with Crippen LogP contribution < -0.4 is 4.90 Å². The number of hydrogen-bond donors (Lipinski definition) is 0. The van der Waals surface area contributed by atoms with E-state index in [9.17, 15) is 5.21 Å². The first-order valence-electron chi connectivity index (χ1n) is 7.46. The molecule has 0 bridgehead atoms. The van der Waals surface area contributed by atoms with Crippen LogP contribution in [0.2, 0.25) is 0 Å². The number of aromatic nitrogens is 4. The van der Waals surface area contributed by atoms with Gasteiger partial charge in [0.05, 0.1) is 7.05 Å². The highest BCUT2D eigenvalue weighted by atomic mass is 16.5. The van der Waals surface area contributed by atoms with Crippen LogP contribution in [-0.4, -0.2) is 45.3 Å². The summed E-state index contributed by atoms with van der Waals surface area (Å²) in [5.41, 5.74) is 3.29. The van der Waals surface area contributed by atoms with E-state index in [1.54, 1.807) is 25.4 Å². The van der Waals surface area contributed by atoms with Gasteiger partial charge < -0.3 is 10.1 Å². The van der Waals surface area contributed by atoms with Gasteiger partial charge >= 0.3 is 0 Å². The van der Waals surface area contributed by atoms with Gasteiger partial charge in [0, 0.05) is 43.0 Å². The number of anilines is 1. The zero-order chi connectivity index (χ0) is 17.1. The Morgan fingerprint density at radius 2 is 1.71 bits per heavy atom. The van der Waals surface area contributed by atoms with Crippen molar-refractivity contribution in [2.75, 3.05) is 19.0 Å². The molecule has 1 heterocycles. The molecule has 24 heavy (non-hydrogen) atoms. The van der Waals surface area contributed by atoms with E-state index in [4.69, 9.17) is 0 Å². The minimum Gasteiger partial charge on any atom is -0.618 e. The molecule has 0 fully saturated rings. The van der Waals surface area contributed by atoms with Gasteiger partial charge in [0.1, 0.15) is 0 Å². The molecule has 7 nitrogen and oxygen atoms in total. The van der Waals surface area contributed by atoms with Crippen molar-refractivity contribution in [1.29, 1.82) is 0 Å². The monoisotopic (exact) mass is 322 g/mol. The number of tetrazole rings is 1. The number of nitrogens with zero attached hydrogens (tertiary/aromatic N) is 6. The summed E-state index contributed by atoms with van der Waals surface area (Å²) in [5.74, 6) is 0.558. The van der Waals surface area contributed by atoms with Gasteiger partial charge in [-0.3, -0.25) is 0 Å². The van der Waals surface area contributed by atoms with Gasteiger partial charge in [-0.05, 0) is 29.5 Å². The summed E-state index contributed by atoms with van der Waals surface area (Å²) in [7, 11) is 5.64. The topological polar surface area (TPSA) is 72.9 Å². The lowest BCUT2D eigenvalue weighted by Gasteiger charge is -2.12. The predicted molar refractivity (Wildman–Crippen MR) is 93.5 cm³/mol. The second-order valence-electron chi connectivity index (χ2n) is 5.59. The highest BCUT2D eigenvalue weighted by molar-refractivity contribution is 5.78. The second-order valence-corrected chi connectivity index (χ2v) is 5.59. The van der Waals surface area contributed by atoms with Crippen molar-refractivity contribution in [1.82, 2.24) is 20.2 Å². The summed E-state index contributed by atoms with van der Waals surface area (Å²) >= 11 is 0. The van der Waals surface area contributed by atoms with Crippen LogP contribution in [-0.2, 0) is 7.05 Å². The van der Waals surface area contributed by atoms with Crippen LogP contribution >= 0.6 is 0 Å². The Morgan fingerprint density at radius 1 is 1.04 bits per heavy atom. The Morgan fingerprint density at radius 3 is 2.25 bits per heavy atom. The Hall–Kier alpha value is -3.22. The van der Waals surface area contributed by atoms with Crippen molar-refractivity contribution in [3.8, 4) is 11.4 Å². The minimum absolute atomic E-state index is 0.558. The Labute approximate surface area is 140 Å². The van der Waals surface area contributed by atoms with Crippen LogP contribution in [0.25, 0.3) is 11.4 Å². The summed E-state index contributed by atoms with van der Waals surface area (Å²) in [5, 5.41) is 24.2. The number of benzene rings is 2. The van der Waals surface area contributed by atoms with E-state index >= 15 is 0 Å². The third-order valence-corrected chi connectivity index (χ3v) is 3.56. The number of rotatable bonds is 4. The fourth-order valence-electron chi connectivity index (χ4n) is 2.23. The van der Waals surface area contributed by atoms with Gasteiger partial charge in [-0.15, -0.1) is 10.2 Å². The maximum Gasteiger partial charge on any atom is 0.216 e. The van der Waals surface area contributed by atoms with Crippen molar-refractivity contribution in [2.24, 2.45) is 7.05 Å². The van der Waals surface area contributed by atoms with Crippen LogP contribution in [0.3, 0.4) is 0 Å². The van der Waals surface area contributed by atoms with Gasteiger partial charge in [-0.2, -0.15) is 9.54 Å². The molecule has 0 aliphatic heterocycles. The molecule has 0 N–H and O–H groups in total. The summed E-state index contributed by atoms with van der Waals surface area (Å²) < 4.78 is 0.856. The van der Waals surface area contributed by atoms with Crippen molar-refractivity contribution in [2.45, 2.75) is 0 Å². The normalized spacial score (nSPS) is 11.5. The molecular weight excluding hydrogens is 304 g/mol. The molecule has 2 aromatic carbocycles. The molecule has 0 amide bonds. The zero-order valence-electron chi connectivity index (χ0n) is 13.8. The Bertz CT molecular complexity index is 850. The lowest BCUT2D eigenvalue weighted by atomic mass is 10.1. The van der Waals surface area contributed by atoms with E-state index in [0.29, 0.717) is 11.5 Å². The minimum atomic E-state index is 0.558. The molecule has 0 aliphatic carbocycles. The van der Waals surface area contributed by atoms with Crippen LogP contribution in [0.5, 0.6) is 0 Å². The summed E-state index contributed by atoms with van der Waals surface area (Å²) in [4.78, 5) is 3.40. The van der Waals surface area contributed by atoms with E-state index in [2.05, 4.69) is 15.4 Å². The molecule has 3 rings (SSSR count). The quantitative estimate of drug-likeness (QED) is 0.319. The summed E-state index contributed by atoms with van der Waals surface area (Å²) in [6, 6.07) is 14.9. The third-order valence-electron chi connectivity index (χ3n) is 3.56. The molecular formula is C17H18N6O. The van der Waals surface area contributed by atoms with Crippen LogP contribution in [0.4, 0.5) is 11.4 Å². The van der Waals surface area contributed by atoms with Crippen molar-refractivity contribution in [3.05, 3.63) is 59.3 Å². The van der Waals surface area contributed by atoms with E-state index in [-0.39, 0.29) is 0 Å². The molecule has 0 aliphatic rings. The van der Waals surface area contributed by atoms with Gasteiger partial charge in [-0.1, -0.05) is 12.1 Å². The van der Waals surface area contributed by atoms with Crippen molar-refractivity contribution < 1.29 is 4.74 Å². The van der Waals surface area contributed by atoms with Gasteiger partial charge in [0.25, 0.3) is 0 Å². The zero-order valence-corrected chi connectivity index (χ0v) is 13.8. The fraction of sp³-hybridized carbons (Fsp3) is 0.176. The third kappa shape index (κ3) is 3.40. The molecule has 0 unspecified atom stereocenters. The van der Waals surface area contributed by atoms with Crippen LogP contribution in [0.1, 0.15) is 5.56 Å². The molecule has 0 saturated heterocycles. The van der Waals surface area contributed by atoms with E-state index in [1.165, 1.54) is 4.80 Å². The fourth-order valence-corrected chi connectivity index (χ4v) is 2.23. The number of aryl methyl sites for hydroxylation is 1. The van der Waals surface area contributed by atoms with E-state index in [1.807, 2.05) is 55.4 Å². The van der Waals surface area contributed by atoms with Crippen LogP contribution in [0.15, 0.2) is 48.5 Å². The molecule has 1 aromatic heterocycles. The van der Waals surface area contributed by atoms with E-state index in [0.717, 1.165) is 21.6 Å². The SMILES string of the molecule is CN(C)c1ccc(/[N+]([O-])=C/c2ccc(-c3nnn(C)n3)cc2)cc1. The summed E-state index contributed by atoms with van der Waals surface area (Å²) in [6.07, 6.45) is 1.54. The lowest BCUT2D eigenvalue weighted by Crippen LogP contribution is -2.08. The second kappa shape index (κ2) is 6.49. The van der Waals surface area contributed by atoms with Crippen LogP contribution in [0, 0.1) is 5.21 Å². The predicted octanol–water partition coefficient (Wildman–Crippen LogP) is 2.20. The van der Waals surface area contributed by atoms with Gasteiger partial charge in [0.15, 0.2) is 6.21 Å². The smallest absolute Gasteiger partial charge is 0.216 e. The maximum absolute atomic E-state index is 12.3. The molecule has 0 saturated carbocycles. The average Bonchev–Trinajstić information content (AvgIpc) is 3.02. The summed E-state index contributed by atoms with van der Waals surface area (Å²) in [6.45, 7) is 0. The number of hydrogen-bond acceptors (Lipinski definition) is 5. The van der Waals surface area contributed by atoms with Gasteiger partial charge in [0.2, 0.25) is 11.5 Å². The first-order valence-corrected chi connectivity index (χ1v) is 7.46. The average molecular weight is 322 g/mol. The van der Waals surface area contributed by atoms with Crippen molar-refractivity contribution in [3.63, 3.8) is 0 Å². The Balaban J connectivity index is 1.80. The maximum atomic E-state index is 12.3. The molecule has 3 aromatic rings. The largest absolute Gasteiger partial charge is 0.618 e. The molecule has 7 heteroatoms. The van der Waals surface area contributed by atoms with Crippen molar-refractivity contribution >= 4 is 17.6 Å². The lowest BCUT2D eigenvalue weighted by molar-refractivity contribution is -0.354. The Kier molecular flexibility index (Phi) is 4.24. The highest BCUT2D eigenvalue weighted by Gasteiger charge is 2.06. The first-order chi connectivity index (χ1) is 11.5. The molecule has 0 atom stereocenters. The molecule has 0 radical (unpaired) electrons. The highest BCUT2D eigenvalue weighted by Crippen LogP contribution is 2.18. The first kappa shape index (κ1) is 15.7. The molecule has 122 valence electrons. The standard InChI is InChI=1S/C17H18N6O/c1-21(2)15-8-10-16(11-9-15)23(24)12-13-4-6-14(7-5-13)17-18-20-22(3)19-17/h4-12H,1-3H3/b23-12-.